The molecule has 0 saturated carbocycles. The molecule has 0 amide bonds. The van der Waals surface area contributed by atoms with Gasteiger partial charge >= 0.3 is 0 Å². The molecule has 0 unspecified atom stereocenters. The van der Waals surface area contributed by atoms with Gasteiger partial charge in [0.25, 0.3) is 0 Å². The number of aromatic nitrogens is 4. The van der Waals surface area contributed by atoms with Gasteiger partial charge in [0.2, 0.25) is 0 Å². The van der Waals surface area contributed by atoms with Crippen LogP contribution in [0.15, 0.2) is 12.4 Å². The van der Waals surface area contributed by atoms with Crippen molar-refractivity contribution in [2.24, 2.45) is 0 Å². The van der Waals surface area contributed by atoms with Crippen molar-refractivity contribution in [3.63, 3.8) is 0 Å². The number of hydrogen-bond acceptors (Lipinski definition) is 2. The van der Waals surface area contributed by atoms with Gasteiger partial charge in [-0.25, -0.2) is 9.97 Å². The maximum Gasteiger partial charge on any atom is 0.103 e. The van der Waals surface area contributed by atoms with E-state index in [9.17, 15) is 0 Å². The van der Waals surface area contributed by atoms with Crippen LogP contribution in [-0.2, 0) is 42.1 Å². The van der Waals surface area contributed by atoms with Gasteiger partial charge in [0.05, 0.1) is 0 Å². The molecule has 154 valence electrons. The summed E-state index contributed by atoms with van der Waals surface area (Å²) in [5, 5.41) is 0. The van der Waals surface area contributed by atoms with Crippen LogP contribution in [0.4, 0.5) is 0 Å². The summed E-state index contributed by atoms with van der Waals surface area (Å²) >= 11 is 0. The molecule has 26 heavy (non-hydrogen) atoms. The third-order valence-electron chi connectivity index (χ3n) is 1.66. The third-order valence-corrected chi connectivity index (χ3v) is 1.66. The molecule has 2 heterocycles. The molecule has 0 fully saturated rings. The average Bonchev–Trinajstić information content (AvgIpc) is 2.93. The monoisotopic (exact) mass is 704 g/mol. The zero-order chi connectivity index (χ0) is 14.6. The first-order valence-corrected chi connectivity index (χ1v) is 6.54. The topological polar surface area (TPSA) is 57.4 Å². The average molecular weight is 704 g/mol. The number of rotatable bonds is 0. The summed E-state index contributed by atoms with van der Waals surface area (Å²) in [6, 6.07) is 0. The van der Waals surface area contributed by atoms with Crippen LogP contribution in [0.1, 0.15) is 65.6 Å². The maximum absolute atomic E-state index is 3.96. The molecule has 0 bridgehead atoms. The first-order valence-electron chi connectivity index (χ1n) is 6.54. The second kappa shape index (κ2) is 44.4. The van der Waals surface area contributed by atoms with Gasteiger partial charge in [-0.15, -0.1) is 0 Å². The minimum atomic E-state index is 0. The molecular weight excluding hydrogens is 662 g/mol. The number of aryl methyl sites for hydroxylation is 4. The zero-order valence-corrected chi connectivity index (χ0v) is 22.9. The molecule has 0 aliphatic heterocycles. The van der Waals surface area contributed by atoms with Crippen molar-refractivity contribution >= 4 is 16.8 Å². The molecule has 0 atom stereocenters. The van der Waals surface area contributed by atoms with Gasteiger partial charge < -0.3 is 24.8 Å². The number of H-pyrrole nitrogens is 2. The molecule has 2 rings (SSSR count). The first-order chi connectivity index (χ1) is 8.58. The molecule has 2 N–H and O–H groups in total. The third kappa shape index (κ3) is 39.1. The minimum absolute atomic E-state index is 0. The Balaban J connectivity index is -0.0000000164. The normalized spacial score (nSPS) is 5.54. The summed E-state index contributed by atoms with van der Waals surface area (Å²) in [5.41, 5.74) is 2.25. The van der Waals surface area contributed by atoms with Crippen molar-refractivity contribution in [3.05, 3.63) is 50.3 Å². The molecular formula is C18H42B2N4W2-2. The fourth-order valence-corrected chi connectivity index (χ4v) is 1.09. The Hall–Kier alpha value is -0.0735. The van der Waals surface area contributed by atoms with Crippen LogP contribution in [0.3, 0.4) is 0 Å². The standard InChI is InChI=1S/2C5H8N2.2C2H6.2CH4.2CH3.2B.2W/c2*1-4-3-6-5(2)7-4;2*1-2;;;;;;;;/h2*3H,1-2H3,(H,6,7);2*1-2H3;2*1H4;2*1H3;;;;/q;;;;;;2*-1;;;;. The van der Waals surface area contributed by atoms with E-state index in [0.717, 1.165) is 23.0 Å². The molecule has 8 heteroatoms. The Kier molecular flexibility index (Phi) is 108. The zero-order valence-electron chi connectivity index (χ0n) is 17.0. The van der Waals surface area contributed by atoms with Crippen LogP contribution in [0.25, 0.3) is 0 Å². The molecule has 0 aromatic carbocycles. The van der Waals surface area contributed by atoms with Gasteiger partial charge in [-0.05, 0) is 27.7 Å². The minimum Gasteiger partial charge on any atom is -0.358 e. The Morgan fingerprint density at radius 2 is 0.808 bits per heavy atom. The van der Waals surface area contributed by atoms with E-state index in [1.165, 1.54) is 0 Å². The van der Waals surface area contributed by atoms with Gasteiger partial charge in [-0.1, -0.05) is 42.5 Å². The van der Waals surface area contributed by atoms with Crippen LogP contribution >= 0.6 is 0 Å². The summed E-state index contributed by atoms with van der Waals surface area (Å²) < 4.78 is 0. The van der Waals surface area contributed by atoms with Crippen LogP contribution in [-0.4, -0.2) is 36.8 Å². The van der Waals surface area contributed by atoms with E-state index in [2.05, 4.69) is 19.9 Å². The predicted molar refractivity (Wildman–Crippen MR) is 117 cm³/mol. The molecule has 0 saturated heterocycles. The smallest absolute Gasteiger partial charge is 0.103 e. The molecule has 2 aromatic heterocycles. The Morgan fingerprint density at radius 3 is 0.846 bits per heavy atom. The molecule has 6 radical (unpaired) electrons. The van der Waals surface area contributed by atoms with Crippen molar-refractivity contribution in [2.75, 3.05) is 0 Å². The summed E-state index contributed by atoms with van der Waals surface area (Å²) in [4.78, 5) is 14.0. The SMILES string of the molecule is C.C.CC.CC.Cc1cnc(C)[nH]1.Cc1cnc(C)[nH]1.[B].[B].[CH3-].[CH3-].[W].[W]. The molecule has 0 spiro atoms. The predicted octanol–water partition coefficient (Wildman–Crippen LogP) is 5.51. The Bertz CT molecular complexity index is 338. The van der Waals surface area contributed by atoms with Gasteiger partial charge in [0, 0.05) is 82.7 Å². The summed E-state index contributed by atoms with van der Waals surface area (Å²) in [6.45, 7) is 15.8. The van der Waals surface area contributed by atoms with Crippen molar-refractivity contribution in [1.29, 1.82) is 0 Å². The van der Waals surface area contributed by atoms with Crippen molar-refractivity contribution in [1.82, 2.24) is 19.9 Å². The second-order valence-corrected chi connectivity index (χ2v) is 3.30. The van der Waals surface area contributed by atoms with Crippen LogP contribution in [0.5, 0.6) is 0 Å². The molecule has 0 aliphatic carbocycles. The van der Waals surface area contributed by atoms with Gasteiger partial charge in [-0.2, -0.15) is 0 Å². The Morgan fingerprint density at radius 1 is 0.615 bits per heavy atom. The van der Waals surface area contributed by atoms with E-state index >= 15 is 0 Å². The summed E-state index contributed by atoms with van der Waals surface area (Å²) in [5.74, 6) is 1.97. The maximum atomic E-state index is 3.96. The molecule has 4 nitrogen and oxygen atoms in total. The number of nitrogens with zero attached hydrogens (tertiary/aromatic N) is 2. The fourth-order valence-electron chi connectivity index (χ4n) is 1.09. The van der Waals surface area contributed by atoms with Crippen molar-refractivity contribution in [2.45, 2.75) is 70.2 Å². The molecule has 2 aromatic rings. The fraction of sp³-hybridized carbons (Fsp3) is 0.556. The number of nitrogens with one attached hydrogen (secondary N) is 2. The van der Waals surface area contributed by atoms with Gasteiger partial charge in [0.1, 0.15) is 11.6 Å². The van der Waals surface area contributed by atoms with Gasteiger partial charge in [0.15, 0.2) is 0 Å². The second-order valence-electron chi connectivity index (χ2n) is 3.30. The number of aromatic amines is 2. The van der Waals surface area contributed by atoms with E-state index in [1.807, 2.05) is 67.8 Å². The molecule has 0 aliphatic rings. The van der Waals surface area contributed by atoms with Crippen molar-refractivity contribution < 1.29 is 42.1 Å². The van der Waals surface area contributed by atoms with Crippen LogP contribution < -0.4 is 0 Å². The first kappa shape index (κ1) is 63.5. The van der Waals surface area contributed by atoms with Gasteiger partial charge in [-0.3, -0.25) is 0 Å². The van der Waals surface area contributed by atoms with E-state index in [1.54, 1.807) is 0 Å². The number of imidazole rings is 2. The summed E-state index contributed by atoms with van der Waals surface area (Å²) in [6.07, 6.45) is 3.63. The summed E-state index contributed by atoms with van der Waals surface area (Å²) in [7, 11) is 0. The van der Waals surface area contributed by atoms with Crippen LogP contribution in [0, 0.1) is 42.5 Å². The largest absolute Gasteiger partial charge is 0.358 e. The van der Waals surface area contributed by atoms with E-state index < -0.39 is 0 Å². The Labute approximate surface area is 198 Å². The number of hydrogen-bond donors (Lipinski definition) is 2. The van der Waals surface area contributed by atoms with E-state index in [-0.39, 0.29) is 88.7 Å². The quantitative estimate of drug-likeness (QED) is 0.281. The van der Waals surface area contributed by atoms with E-state index in [4.69, 9.17) is 0 Å². The van der Waals surface area contributed by atoms with Crippen molar-refractivity contribution in [3.8, 4) is 0 Å². The van der Waals surface area contributed by atoms with E-state index in [0.29, 0.717) is 0 Å². The van der Waals surface area contributed by atoms with Crippen LogP contribution in [0.2, 0.25) is 0 Å².